The summed E-state index contributed by atoms with van der Waals surface area (Å²) in [6, 6.07) is 2.80. The van der Waals surface area contributed by atoms with Gasteiger partial charge in [-0.15, -0.1) is 0 Å². The van der Waals surface area contributed by atoms with Gasteiger partial charge < -0.3 is 10.1 Å². The standard InChI is InChI=1S/C12H15ClFNO4S/c1-8(7-19-2)6-15-12(16)10-5-9(20(13,17)18)3-4-11(10)14/h3-5,8H,6-7H2,1-2H3,(H,15,16). The number of hydrogen-bond donors (Lipinski definition) is 1. The molecule has 0 saturated heterocycles. The molecule has 1 amide bonds. The second kappa shape index (κ2) is 7.01. The number of carbonyl (C=O) groups is 1. The molecule has 1 aromatic carbocycles. The summed E-state index contributed by atoms with van der Waals surface area (Å²) in [6.45, 7) is 2.57. The van der Waals surface area contributed by atoms with Crippen molar-refractivity contribution in [3.05, 3.63) is 29.6 Å². The topological polar surface area (TPSA) is 72.5 Å². The molecule has 1 N–H and O–H groups in total. The molecule has 1 aromatic rings. The Hall–Kier alpha value is -1.18. The number of benzene rings is 1. The summed E-state index contributed by atoms with van der Waals surface area (Å²) in [5.74, 6) is -1.47. The Morgan fingerprint density at radius 2 is 2.15 bits per heavy atom. The molecule has 0 fully saturated rings. The minimum atomic E-state index is -4.01. The molecule has 0 aliphatic heterocycles. The summed E-state index contributed by atoms with van der Waals surface area (Å²) in [5, 5.41) is 2.51. The summed E-state index contributed by atoms with van der Waals surface area (Å²) in [7, 11) is 2.68. The van der Waals surface area contributed by atoms with Gasteiger partial charge in [-0.3, -0.25) is 4.79 Å². The largest absolute Gasteiger partial charge is 0.384 e. The van der Waals surface area contributed by atoms with Gasteiger partial charge in [0.25, 0.3) is 15.0 Å². The number of methoxy groups -OCH3 is 1. The molecule has 1 atom stereocenters. The monoisotopic (exact) mass is 323 g/mol. The molecule has 0 bridgehead atoms. The van der Waals surface area contributed by atoms with E-state index in [4.69, 9.17) is 15.4 Å². The Morgan fingerprint density at radius 1 is 1.50 bits per heavy atom. The van der Waals surface area contributed by atoms with Crippen LogP contribution >= 0.6 is 10.7 Å². The SMILES string of the molecule is COCC(C)CNC(=O)c1cc(S(=O)(=O)Cl)ccc1F. The fourth-order valence-corrected chi connectivity index (χ4v) is 2.31. The van der Waals surface area contributed by atoms with Crippen LogP contribution in [0.2, 0.25) is 0 Å². The Kier molecular flexibility index (Phi) is 5.91. The molecule has 0 heterocycles. The quantitative estimate of drug-likeness (QED) is 0.810. The lowest BCUT2D eigenvalue weighted by Gasteiger charge is -2.12. The molecule has 0 spiro atoms. The van der Waals surface area contributed by atoms with Crippen molar-refractivity contribution in [2.45, 2.75) is 11.8 Å². The highest BCUT2D eigenvalue weighted by molar-refractivity contribution is 8.13. The molecule has 0 aromatic heterocycles. The molecule has 112 valence electrons. The third-order valence-corrected chi connectivity index (χ3v) is 3.88. The zero-order chi connectivity index (χ0) is 15.3. The van der Waals surface area contributed by atoms with Crippen LogP contribution in [-0.4, -0.2) is 34.6 Å². The first-order valence-corrected chi connectivity index (χ1v) is 8.08. The van der Waals surface area contributed by atoms with Gasteiger partial charge in [-0.1, -0.05) is 6.92 Å². The first-order valence-electron chi connectivity index (χ1n) is 5.77. The van der Waals surface area contributed by atoms with Gasteiger partial charge in [-0.05, 0) is 24.1 Å². The van der Waals surface area contributed by atoms with Crippen molar-refractivity contribution >= 4 is 25.6 Å². The van der Waals surface area contributed by atoms with Gasteiger partial charge in [0.15, 0.2) is 0 Å². The molecule has 8 heteroatoms. The Bertz CT molecular complexity index is 591. The van der Waals surface area contributed by atoms with Crippen LogP contribution in [0.15, 0.2) is 23.1 Å². The highest BCUT2D eigenvalue weighted by Crippen LogP contribution is 2.18. The van der Waals surface area contributed by atoms with Gasteiger partial charge in [0, 0.05) is 24.3 Å². The molecular formula is C12H15ClFNO4S. The number of hydrogen-bond acceptors (Lipinski definition) is 4. The third kappa shape index (κ3) is 4.73. The van der Waals surface area contributed by atoms with E-state index in [1.54, 1.807) is 0 Å². The second-order valence-corrected chi connectivity index (χ2v) is 6.92. The molecule has 0 radical (unpaired) electrons. The van der Waals surface area contributed by atoms with E-state index in [0.717, 1.165) is 18.2 Å². The number of amides is 1. The molecule has 0 aliphatic carbocycles. The first kappa shape index (κ1) is 16.9. The fraction of sp³-hybridized carbons (Fsp3) is 0.417. The highest BCUT2D eigenvalue weighted by Gasteiger charge is 2.18. The van der Waals surface area contributed by atoms with Gasteiger partial charge in [-0.25, -0.2) is 12.8 Å². The van der Waals surface area contributed by atoms with Crippen molar-refractivity contribution in [2.75, 3.05) is 20.3 Å². The Morgan fingerprint density at radius 3 is 2.70 bits per heavy atom. The van der Waals surface area contributed by atoms with E-state index in [1.807, 2.05) is 6.92 Å². The number of carbonyl (C=O) groups excluding carboxylic acids is 1. The van der Waals surface area contributed by atoms with Crippen LogP contribution < -0.4 is 5.32 Å². The number of nitrogens with one attached hydrogen (secondary N) is 1. The maximum absolute atomic E-state index is 13.6. The molecule has 5 nitrogen and oxygen atoms in total. The van der Waals surface area contributed by atoms with Crippen LogP contribution in [0.1, 0.15) is 17.3 Å². The first-order chi connectivity index (χ1) is 9.25. The lowest BCUT2D eigenvalue weighted by molar-refractivity contribution is 0.0930. The van der Waals surface area contributed by atoms with E-state index in [0.29, 0.717) is 6.61 Å². The summed E-state index contributed by atoms with van der Waals surface area (Å²) < 4.78 is 40.8. The maximum Gasteiger partial charge on any atom is 0.261 e. The van der Waals surface area contributed by atoms with Crippen molar-refractivity contribution < 1.29 is 22.3 Å². The van der Waals surface area contributed by atoms with Gasteiger partial charge in [0.1, 0.15) is 5.82 Å². The average Bonchev–Trinajstić information content (AvgIpc) is 2.35. The number of ether oxygens (including phenoxy) is 1. The highest BCUT2D eigenvalue weighted by atomic mass is 35.7. The van der Waals surface area contributed by atoms with E-state index in [9.17, 15) is 17.6 Å². The normalized spacial score (nSPS) is 13.0. The molecule has 0 aliphatic rings. The van der Waals surface area contributed by atoms with Crippen LogP contribution in [0.25, 0.3) is 0 Å². The molecule has 1 rings (SSSR count). The molecule has 20 heavy (non-hydrogen) atoms. The van der Waals surface area contributed by atoms with E-state index in [2.05, 4.69) is 5.32 Å². The van der Waals surface area contributed by atoms with Crippen LogP contribution in [0.5, 0.6) is 0 Å². The summed E-state index contributed by atoms with van der Waals surface area (Å²) >= 11 is 0. The van der Waals surface area contributed by atoms with Crippen molar-refractivity contribution in [2.24, 2.45) is 5.92 Å². The molecule has 0 saturated carbocycles. The van der Waals surface area contributed by atoms with E-state index in [-0.39, 0.29) is 22.9 Å². The second-order valence-electron chi connectivity index (χ2n) is 4.35. The van der Waals surface area contributed by atoms with Crippen LogP contribution in [0.4, 0.5) is 4.39 Å². The number of rotatable bonds is 6. The molecule has 1 unspecified atom stereocenters. The molecular weight excluding hydrogens is 309 g/mol. The fourth-order valence-electron chi connectivity index (χ4n) is 1.54. The lowest BCUT2D eigenvalue weighted by atomic mass is 10.1. The van der Waals surface area contributed by atoms with Gasteiger partial charge >= 0.3 is 0 Å². The van der Waals surface area contributed by atoms with Crippen LogP contribution in [0, 0.1) is 11.7 Å². The Balaban J connectivity index is 2.87. The van der Waals surface area contributed by atoms with Gasteiger partial charge in [0.05, 0.1) is 17.1 Å². The van der Waals surface area contributed by atoms with E-state index >= 15 is 0 Å². The minimum absolute atomic E-state index is 0.0481. The minimum Gasteiger partial charge on any atom is -0.384 e. The van der Waals surface area contributed by atoms with E-state index < -0.39 is 20.8 Å². The van der Waals surface area contributed by atoms with Crippen LogP contribution in [-0.2, 0) is 13.8 Å². The van der Waals surface area contributed by atoms with Crippen molar-refractivity contribution in [1.82, 2.24) is 5.32 Å². The summed E-state index contributed by atoms with van der Waals surface area (Å²) in [6.07, 6.45) is 0. The smallest absolute Gasteiger partial charge is 0.261 e. The third-order valence-electron chi connectivity index (χ3n) is 2.53. The predicted octanol–water partition coefficient (Wildman–Crippen LogP) is 1.77. The van der Waals surface area contributed by atoms with E-state index in [1.165, 1.54) is 7.11 Å². The van der Waals surface area contributed by atoms with Gasteiger partial charge in [0.2, 0.25) is 0 Å². The van der Waals surface area contributed by atoms with Crippen molar-refractivity contribution in [3.63, 3.8) is 0 Å². The van der Waals surface area contributed by atoms with Crippen molar-refractivity contribution in [1.29, 1.82) is 0 Å². The zero-order valence-corrected chi connectivity index (χ0v) is 12.6. The average molecular weight is 324 g/mol. The predicted molar refractivity (Wildman–Crippen MR) is 72.8 cm³/mol. The van der Waals surface area contributed by atoms with Gasteiger partial charge in [-0.2, -0.15) is 0 Å². The number of halogens is 2. The van der Waals surface area contributed by atoms with Crippen LogP contribution in [0.3, 0.4) is 0 Å². The Labute approximate surface area is 121 Å². The lowest BCUT2D eigenvalue weighted by Crippen LogP contribution is -2.30. The maximum atomic E-state index is 13.6. The van der Waals surface area contributed by atoms with Crippen molar-refractivity contribution in [3.8, 4) is 0 Å². The zero-order valence-electron chi connectivity index (χ0n) is 11.0. The summed E-state index contributed by atoms with van der Waals surface area (Å²) in [4.78, 5) is 11.5. The summed E-state index contributed by atoms with van der Waals surface area (Å²) in [5.41, 5.74) is -0.364.